The molecule has 0 radical (unpaired) electrons. The molecular weight excluding hydrogens is 730 g/mol. The zero-order valence-electron chi connectivity index (χ0n) is 38.0. The zero-order valence-corrected chi connectivity index (χ0v) is 38.9. The van der Waals surface area contributed by atoms with Crippen molar-refractivity contribution in [2.75, 3.05) is 6.61 Å². The van der Waals surface area contributed by atoms with Crippen molar-refractivity contribution in [2.24, 2.45) is 0 Å². The number of rotatable bonds is 47. The lowest BCUT2D eigenvalue weighted by Crippen LogP contribution is -2.45. The third-order valence-corrected chi connectivity index (χ3v) is 12.2. The molecule has 0 bridgehead atoms. The molecule has 2 atom stereocenters. The van der Waals surface area contributed by atoms with Crippen molar-refractivity contribution in [2.45, 2.75) is 289 Å². The van der Waals surface area contributed by atoms with Crippen LogP contribution in [0.5, 0.6) is 0 Å². The number of allylic oxidation sites excluding steroid dienone is 1. The maximum absolute atomic E-state index is 12.6. The van der Waals surface area contributed by atoms with Crippen LogP contribution in [-0.4, -0.2) is 39.6 Å². The number of aliphatic hydroxyl groups excluding tert-OH is 1. The van der Waals surface area contributed by atoms with Gasteiger partial charge >= 0.3 is 7.82 Å². The van der Waals surface area contributed by atoms with E-state index < -0.39 is 26.6 Å². The number of carbonyl (C=O) groups is 1. The Morgan fingerprint density at radius 3 is 1.07 bits per heavy atom. The second kappa shape index (κ2) is 44.8. The Balaban J connectivity index is 3.76. The van der Waals surface area contributed by atoms with Crippen LogP contribution in [0.15, 0.2) is 12.2 Å². The molecule has 0 unspecified atom stereocenters. The Morgan fingerprint density at radius 2 is 0.772 bits per heavy atom. The molecule has 0 saturated heterocycles. The van der Waals surface area contributed by atoms with Gasteiger partial charge in [0.25, 0.3) is 0 Å². The average Bonchev–Trinajstić information content (AvgIpc) is 3.18. The summed E-state index contributed by atoms with van der Waals surface area (Å²) in [5, 5.41) is 13.4. The molecule has 0 heterocycles. The summed E-state index contributed by atoms with van der Waals surface area (Å²) in [6.07, 6.45) is 55.4. The van der Waals surface area contributed by atoms with Gasteiger partial charge in [0.15, 0.2) is 0 Å². The molecule has 0 fully saturated rings. The predicted octanol–water partition coefficient (Wildman–Crippen LogP) is 15.5. The topological polar surface area (TPSA) is 116 Å². The lowest BCUT2D eigenvalue weighted by Gasteiger charge is -2.22. The summed E-state index contributed by atoms with van der Waals surface area (Å²) in [5.74, 6) is -0.220. The average molecular weight is 828 g/mol. The van der Waals surface area contributed by atoms with Crippen LogP contribution in [0.2, 0.25) is 0 Å². The third kappa shape index (κ3) is 46.2. The van der Waals surface area contributed by atoms with E-state index in [1.807, 2.05) is 6.08 Å². The van der Waals surface area contributed by atoms with Crippen LogP contribution in [0.1, 0.15) is 277 Å². The first-order valence-corrected chi connectivity index (χ1v) is 26.7. The molecule has 0 aliphatic heterocycles. The molecule has 0 spiro atoms. The van der Waals surface area contributed by atoms with Crippen molar-refractivity contribution in [3.63, 3.8) is 0 Å². The molecule has 0 aromatic carbocycles. The Hall–Kier alpha value is -0.720. The van der Waals surface area contributed by atoms with Crippen molar-refractivity contribution in [1.29, 1.82) is 0 Å². The SMILES string of the molecule is CCCCCCCCCCCCCCC/C=C/[C@@H](O)[C@H](COP(=O)(O)O)NC(=O)CCCCCCCCCCCCCCCCCCCCCCCCCCCC. The maximum atomic E-state index is 12.6. The summed E-state index contributed by atoms with van der Waals surface area (Å²) >= 11 is 0. The lowest BCUT2D eigenvalue weighted by molar-refractivity contribution is -0.123. The van der Waals surface area contributed by atoms with Gasteiger partial charge in [0.1, 0.15) is 0 Å². The van der Waals surface area contributed by atoms with Crippen molar-refractivity contribution in [3.05, 3.63) is 12.2 Å². The van der Waals surface area contributed by atoms with Gasteiger partial charge in [-0.15, -0.1) is 0 Å². The highest BCUT2D eigenvalue weighted by atomic mass is 31.2. The minimum atomic E-state index is -4.71. The van der Waals surface area contributed by atoms with Gasteiger partial charge in [-0.25, -0.2) is 4.57 Å². The van der Waals surface area contributed by atoms with E-state index in [0.717, 1.165) is 38.5 Å². The van der Waals surface area contributed by atoms with Gasteiger partial charge in [0.2, 0.25) is 5.91 Å². The van der Waals surface area contributed by atoms with E-state index in [1.54, 1.807) is 6.08 Å². The Morgan fingerprint density at radius 1 is 0.491 bits per heavy atom. The van der Waals surface area contributed by atoms with E-state index in [1.165, 1.54) is 218 Å². The first-order valence-electron chi connectivity index (χ1n) is 25.1. The summed E-state index contributed by atoms with van der Waals surface area (Å²) in [5.41, 5.74) is 0. The normalized spacial score (nSPS) is 13.1. The van der Waals surface area contributed by atoms with E-state index in [4.69, 9.17) is 0 Å². The fraction of sp³-hybridized carbons (Fsp3) is 0.939. The van der Waals surface area contributed by atoms with Gasteiger partial charge in [-0.2, -0.15) is 0 Å². The van der Waals surface area contributed by atoms with Crippen molar-refractivity contribution >= 4 is 13.7 Å². The first-order chi connectivity index (χ1) is 27.8. The van der Waals surface area contributed by atoms with Crippen LogP contribution >= 0.6 is 7.82 Å². The van der Waals surface area contributed by atoms with E-state index >= 15 is 0 Å². The number of phosphoric ester groups is 1. The Kier molecular flexibility index (Phi) is 44.3. The number of amides is 1. The smallest absolute Gasteiger partial charge is 0.387 e. The minimum absolute atomic E-state index is 0.220. The van der Waals surface area contributed by atoms with Gasteiger partial charge in [-0.3, -0.25) is 9.32 Å². The highest BCUT2D eigenvalue weighted by molar-refractivity contribution is 7.46. The molecule has 8 heteroatoms. The number of phosphoric acid groups is 1. The van der Waals surface area contributed by atoms with Crippen molar-refractivity contribution < 1.29 is 28.8 Å². The second-order valence-electron chi connectivity index (χ2n) is 17.5. The van der Waals surface area contributed by atoms with Gasteiger partial charge in [-0.1, -0.05) is 264 Å². The predicted molar refractivity (Wildman–Crippen MR) is 246 cm³/mol. The maximum Gasteiger partial charge on any atom is 0.469 e. The van der Waals surface area contributed by atoms with E-state index in [9.17, 15) is 24.3 Å². The lowest BCUT2D eigenvalue weighted by atomic mass is 10.0. The first kappa shape index (κ1) is 56.3. The molecule has 0 aliphatic carbocycles. The van der Waals surface area contributed by atoms with Crippen LogP contribution in [0, 0.1) is 0 Å². The van der Waals surface area contributed by atoms with Crippen LogP contribution < -0.4 is 5.32 Å². The van der Waals surface area contributed by atoms with Gasteiger partial charge in [0.05, 0.1) is 18.8 Å². The quantitative estimate of drug-likeness (QED) is 0.0276. The third-order valence-electron chi connectivity index (χ3n) is 11.7. The van der Waals surface area contributed by atoms with E-state index in [2.05, 4.69) is 23.7 Å². The summed E-state index contributed by atoms with van der Waals surface area (Å²) in [6, 6.07) is -0.905. The largest absolute Gasteiger partial charge is 0.469 e. The molecule has 0 aromatic heterocycles. The fourth-order valence-electron chi connectivity index (χ4n) is 7.93. The van der Waals surface area contributed by atoms with Crippen LogP contribution in [0.4, 0.5) is 0 Å². The van der Waals surface area contributed by atoms with Gasteiger partial charge < -0.3 is 20.2 Å². The molecule has 0 saturated carbocycles. The Bertz CT molecular complexity index is 895. The molecular formula is C49H98NO6P. The van der Waals surface area contributed by atoms with Crippen molar-refractivity contribution in [1.82, 2.24) is 5.32 Å². The van der Waals surface area contributed by atoms with Gasteiger partial charge in [0, 0.05) is 6.42 Å². The zero-order chi connectivity index (χ0) is 41.8. The van der Waals surface area contributed by atoms with Crippen LogP contribution in [0.3, 0.4) is 0 Å². The molecule has 0 rings (SSSR count). The highest BCUT2D eigenvalue weighted by Gasteiger charge is 2.24. The monoisotopic (exact) mass is 828 g/mol. The summed E-state index contributed by atoms with van der Waals surface area (Å²) in [7, 11) is -4.71. The molecule has 340 valence electrons. The summed E-state index contributed by atoms with van der Waals surface area (Å²) in [6.45, 7) is 4.11. The van der Waals surface area contributed by atoms with Crippen LogP contribution in [0.25, 0.3) is 0 Å². The number of carbonyl (C=O) groups excluding carboxylic acids is 1. The number of unbranched alkanes of at least 4 members (excludes halogenated alkanes) is 38. The number of hydrogen-bond acceptors (Lipinski definition) is 4. The standard InChI is InChI=1S/C49H98NO6P/c1-3-5-7-9-11-13-15-17-19-20-21-22-23-24-25-26-27-28-29-31-33-35-37-39-41-43-45-49(52)50-47(46-56-57(53,54)55)48(51)44-42-40-38-36-34-32-30-18-16-14-12-10-8-6-4-2/h42,44,47-48,51H,3-41,43,45-46H2,1-2H3,(H,50,52)(H2,53,54,55)/b44-42+/t47-,48+/m0/s1. The Labute approximate surface area is 354 Å². The van der Waals surface area contributed by atoms with Crippen molar-refractivity contribution in [3.8, 4) is 0 Å². The molecule has 0 aromatic rings. The van der Waals surface area contributed by atoms with E-state index in [-0.39, 0.29) is 5.91 Å². The minimum Gasteiger partial charge on any atom is -0.387 e. The van der Waals surface area contributed by atoms with E-state index in [0.29, 0.717) is 6.42 Å². The molecule has 0 aliphatic rings. The molecule has 4 N–H and O–H groups in total. The number of aliphatic hydroxyl groups is 1. The fourth-order valence-corrected chi connectivity index (χ4v) is 8.29. The molecule has 57 heavy (non-hydrogen) atoms. The summed E-state index contributed by atoms with van der Waals surface area (Å²) < 4.78 is 16.0. The summed E-state index contributed by atoms with van der Waals surface area (Å²) in [4.78, 5) is 31.0. The highest BCUT2D eigenvalue weighted by Crippen LogP contribution is 2.36. The second-order valence-corrected chi connectivity index (χ2v) is 18.7. The number of hydrogen-bond donors (Lipinski definition) is 4. The van der Waals surface area contributed by atoms with Crippen LogP contribution in [-0.2, 0) is 13.9 Å². The van der Waals surface area contributed by atoms with Gasteiger partial charge in [-0.05, 0) is 19.3 Å². The molecule has 7 nitrogen and oxygen atoms in total. The molecule has 1 amide bonds. The number of nitrogens with one attached hydrogen (secondary N) is 1.